The minimum absolute atomic E-state index is 0.622. The molecule has 3 nitrogen and oxygen atoms in total. The molecule has 2 atom stereocenters. The monoisotopic (exact) mass is 179 g/mol. The van der Waals surface area contributed by atoms with Crippen LogP contribution in [0.2, 0.25) is 0 Å². The summed E-state index contributed by atoms with van der Waals surface area (Å²) >= 11 is 0. The number of aryl methyl sites for hydroxylation is 1. The number of likely N-dealkylation sites (N-methyl/N-ethyl adjacent to an activating group) is 1. The first-order valence-corrected chi connectivity index (χ1v) is 4.99. The molecular weight excluding hydrogens is 162 g/mol. The topological polar surface area (TPSA) is 40.7 Å². The number of rotatable bonds is 2. The van der Waals surface area contributed by atoms with Crippen LogP contribution in [0.15, 0.2) is 6.20 Å². The van der Waals surface area contributed by atoms with Crippen molar-refractivity contribution < 1.29 is 0 Å². The van der Waals surface area contributed by atoms with Crippen molar-refractivity contribution in [2.45, 2.75) is 25.7 Å². The fourth-order valence-electron chi connectivity index (χ4n) is 2.23. The summed E-state index contributed by atoms with van der Waals surface area (Å²) in [5.74, 6) is 1.39. The predicted octanol–water partition coefficient (Wildman–Crippen LogP) is 1.29. The molecule has 2 rings (SSSR count). The average Bonchev–Trinajstić information content (AvgIpc) is 2.58. The van der Waals surface area contributed by atoms with Gasteiger partial charge in [0.25, 0.3) is 0 Å². The largest absolute Gasteiger partial charge is 0.319 e. The number of nitrogens with one attached hydrogen (secondary N) is 2. The van der Waals surface area contributed by atoms with Crippen molar-refractivity contribution in [1.29, 1.82) is 0 Å². The second-order valence-corrected chi connectivity index (χ2v) is 3.99. The molecule has 2 N–H and O–H groups in total. The van der Waals surface area contributed by atoms with Crippen LogP contribution in [-0.4, -0.2) is 23.8 Å². The molecule has 3 heteroatoms. The third-order valence-corrected chi connectivity index (χ3v) is 3.10. The van der Waals surface area contributed by atoms with Crippen LogP contribution >= 0.6 is 0 Å². The van der Waals surface area contributed by atoms with Crippen molar-refractivity contribution in [2.24, 2.45) is 5.92 Å². The van der Waals surface area contributed by atoms with Crippen molar-refractivity contribution >= 4 is 0 Å². The van der Waals surface area contributed by atoms with E-state index in [1.165, 1.54) is 24.1 Å². The van der Waals surface area contributed by atoms with Crippen molar-refractivity contribution in [3.63, 3.8) is 0 Å². The molecule has 0 saturated carbocycles. The van der Waals surface area contributed by atoms with Crippen LogP contribution in [-0.2, 0) is 6.42 Å². The fraction of sp³-hybridized carbons (Fsp3) is 0.700. The molecule has 1 aromatic rings. The zero-order chi connectivity index (χ0) is 9.26. The first-order chi connectivity index (χ1) is 6.33. The Labute approximate surface area is 78.9 Å². The van der Waals surface area contributed by atoms with Gasteiger partial charge in [-0.05, 0) is 31.4 Å². The third kappa shape index (κ3) is 1.48. The molecule has 13 heavy (non-hydrogen) atoms. The highest BCUT2D eigenvalue weighted by Gasteiger charge is 2.27. The van der Waals surface area contributed by atoms with Gasteiger partial charge in [0, 0.05) is 18.2 Å². The molecule has 0 saturated heterocycles. The van der Waals surface area contributed by atoms with E-state index in [4.69, 9.17) is 0 Å². The summed E-state index contributed by atoms with van der Waals surface area (Å²) in [5, 5.41) is 10.5. The molecule has 0 spiro atoms. The van der Waals surface area contributed by atoms with E-state index in [1.807, 2.05) is 13.2 Å². The number of hydrogen-bond donors (Lipinski definition) is 2. The van der Waals surface area contributed by atoms with Gasteiger partial charge < -0.3 is 5.32 Å². The minimum Gasteiger partial charge on any atom is -0.319 e. The van der Waals surface area contributed by atoms with Gasteiger partial charge in [-0.1, -0.05) is 6.92 Å². The Morgan fingerprint density at radius 2 is 2.54 bits per heavy atom. The molecule has 0 bridgehead atoms. The van der Waals surface area contributed by atoms with Gasteiger partial charge in [0.05, 0.1) is 6.20 Å². The van der Waals surface area contributed by atoms with Crippen LogP contribution in [0.5, 0.6) is 0 Å². The minimum atomic E-state index is 0.622. The van der Waals surface area contributed by atoms with Gasteiger partial charge in [0.2, 0.25) is 0 Å². The maximum absolute atomic E-state index is 4.12. The number of aromatic amines is 1. The average molecular weight is 179 g/mol. The van der Waals surface area contributed by atoms with Gasteiger partial charge in [0.15, 0.2) is 0 Å². The first-order valence-electron chi connectivity index (χ1n) is 4.99. The van der Waals surface area contributed by atoms with Crippen molar-refractivity contribution in [3.8, 4) is 0 Å². The van der Waals surface area contributed by atoms with Gasteiger partial charge in [-0.3, -0.25) is 5.10 Å². The Bertz CT molecular complexity index is 279. The summed E-state index contributed by atoms with van der Waals surface area (Å²) in [7, 11) is 2.01. The molecule has 72 valence electrons. The zero-order valence-electron chi connectivity index (χ0n) is 8.30. The first kappa shape index (κ1) is 8.75. The van der Waals surface area contributed by atoms with Crippen molar-refractivity contribution in [2.75, 3.05) is 13.6 Å². The van der Waals surface area contributed by atoms with Gasteiger partial charge in [-0.2, -0.15) is 5.10 Å². The highest BCUT2D eigenvalue weighted by molar-refractivity contribution is 5.24. The van der Waals surface area contributed by atoms with E-state index >= 15 is 0 Å². The Hall–Kier alpha value is -0.830. The molecule has 2 unspecified atom stereocenters. The second kappa shape index (κ2) is 3.50. The van der Waals surface area contributed by atoms with Crippen LogP contribution < -0.4 is 5.32 Å². The molecule has 1 aliphatic carbocycles. The van der Waals surface area contributed by atoms with Crippen LogP contribution in [0.25, 0.3) is 0 Å². The lowest BCUT2D eigenvalue weighted by Crippen LogP contribution is -2.27. The van der Waals surface area contributed by atoms with Gasteiger partial charge in [-0.25, -0.2) is 0 Å². The zero-order valence-corrected chi connectivity index (χ0v) is 8.30. The SMILES string of the molecule is CNCC1c2[nH]ncc2CCC1C. The van der Waals surface area contributed by atoms with Crippen LogP contribution in [0.4, 0.5) is 0 Å². The molecule has 1 aliphatic rings. The Balaban J connectivity index is 2.25. The van der Waals surface area contributed by atoms with Crippen molar-refractivity contribution in [3.05, 3.63) is 17.5 Å². The normalized spacial score (nSPS) is 27.2. The van der Waals surface area contributed by atoms with E-state index in [9.17, 15) is 0 Å². The maximum atomic E-state index is 4.12. The lowest BCUT2D eigenvalue weighted by molar-refractivity contribution is 0.386. The van der Waals surface area contributed by atoms with Crippen molar-refractivity contribution in [1.82, 2.24) is 15.5 Å². The predicted molar refractivity (Wildman–Crippen MR) is 52.7 cm³/mol. The number of H-pyrrole nitrogens is 1. The number of hydrogen-bond acceptors (Lipinski definition) is 2. The van der Waals surface area contributed by atoms with Crippen LogP contribution in [0, 0.1) is 5.92 Å². The Kier molecular flexibility index (Phi) is 2.36. The van der Waals surface area contributed by atoms with E-state index in [1.54, 1.807) is 0 Å². The Morgan fingerprint density at radius 1 is 1.69 bits per heavy atom. The summed E-state index contributed by atoms with van der Waals surface area (Å²) in [4.78, 5) is 0. The highest BCUT2D eigenvalue weighted by atomic mass is 15.1. The lowest BCUT2D eigenvalue weighted by atomic mass is 9.80. The van der Waals surface area contributed by atoms with E-state index in [0.717, 1.165) is 12.5 Å². The lowest BCUT2D eigenvalue weighted by Gasteiger charge is -2.28. The molecule has 1 heterocycles. The summed E-state index contributed by atoms with van der Waals surface area (Å²) in [6, 6.07) is 0. The summed E-state index contributed by atoms with van der Waals surface area (Å²) < 4.78 is 0. The standard InChI is InChI=1S/C10H17N3/c1-7-3-4-8-5-12-13-10(8)9(7)6-11-2/h5,7,9,11H,3-4,6H2,1-2H3,(H,12,13). The van der Waals surface area contributed by atoms with E-state index < -0.39 is 0 Å². The smallest absolute Gasteiger partial charge is 0.0522 e. The van der Waals surface area contributed by atoms with Gasteiger partial charge in [0.1, 0.15) is 0 Å². The summed E-state index contributed by atoms with van der Waals surface area (Å²) in [6.07, 6.45) is 4.45. The Morgan fingerprint density at radius 3 is 3.31 bits per heavy atom. The third-order valence-electron chi connectivity index (χ3n) is 3.10. The molecular formula is C10H17N3. The summed E-state index contributed by atoms with van der Waals surface area (Å²) in [6.45, 7) is 3.38. The molecule has 0 aromatic carbocycles. The molecule has 0 fully saturated rings. The number of aromatic nitrogens is 2. The second-order valence-electron chi connectivity index (χ2n) is 3.99. The molecule has 0 amide bonds. The van der Waals surface area contributed by atoms with Crippen LogP contribution in [0.1, 0.15) is 30.5 Å². The molecule has 0 aliphatic heterocycles. The van der Waals surface area contributed by atoms with Gasteiger partial charge >= 0.3 is 0 Å². The maximum Gasteiger partial charge on any atom is 0.0522 e. The quantitative estimate of drug-likeness (QED) is 0.718. The molecule has 1 aromatic heterocycles. The van der Waals surface area contributed by atoms with Crippen LogP contribution in [0.3, 0.4) is 0 Å². The van der Waals surface area contributed by atoms with E-state index in [-0.39, 0.29) is 0 Å². The fourth-order valence-corrected chi connectivity index (χ4v) is 2.23. The highest BCUT2D eigenvalue weighted by Crippen LogP contribution is 2.33. The number of fused-ring (bicyclic) bond motifs is 1. The van der Waals surface area contributed by atoms with Gasteiger partial charge in [-0.15, -0.1) is 0 Å². The van der Waals surface area contributed by atoms with E-state index in [2.05, 4.69) is 22.4 Å². The van der Waals surface area contributed by atoms with E-state index in [0.29, 0.717) is 5.92 Å². The summed E-state index contributed by atoms with van der Waals surface area (Å²) in [5.41, 5.74) is 2.77. The molecule has 0 radical (unpaired) electrons. The number of nitrogens with zero attached hydrogens (tertiary/aromatic N) is 1.